The molecule has 17 heavy (non-hydrogen) atoms. The van der Waals surface area contributed by atoms with Crippen LogP contribution in [0.25, 0.3) is 0 Å². The Bertz CT molecular complexity index is 348. The zero-order valence-corrected chi connectivity index (χ0v) is 11.9. The van der Waals surface area contributed by atoms with Crippen LogP contribution in [0.15, 0.2) is 6.20 Å². The van der Waals surface area contributed by atoms with Crippen LogP contribution in [0, 0.1) is 11.8 Å². The number of aromatic nitrogens is 1. The Morgan fingerprint density at radius 2 is 2.41 bits per heavy atom. The third-order valence-corrected chi connectivity index (χ3v) is 4.45. The fourth-order valence-corrected chi connectivity index (χ4v) is 3.31. The van der Waals surface area contributed by atoms with Gasteiger partial charge >= 0.3 is 0 Å². The van der Waals surface area contributed by atoms with Crippen molar-refractivity contribution in [3.63, 3.8) is 0 Å². The minimum atomic E-state index is 0.818. The second-order valence-electron chi connectivity index (χ2n) is 5.19. The molecule has 1 aliphatic rings. The van der Waals surface area contributed by atoms with E-state index in [2.05, 4.69) is 36.0 Å². The lowest BCUT2D eigenvalue weighted by molar-refractivity contribution is 0.299. The summed E-state index contributed by atoms with van der Waals surface area (Å²) in [7, 11) is 0. The molecular weight excluding hydrogens is 230 g/mol. The quantitative estimate of drug-likeness (QED) is 0.874. The Labute approximate surface area is 108 Å². The van der Waals surface area contributed by atoms with Crippen LogP contribution in [0.3, 0.4) is 0 Å². The van der Waals surface area contributed by atoms with Gasteiger partial charge in [-0.15, -0.1) is 11.3 Å². The van der Waals surface area contributed by atoms with Gasteiger partial charge in [-0.05, 0) is 31.7 Å². The largest absolute Gasteiger partial charge is 0.362 e. The van der Waals surface area contributed by atoms with Gasteiger partial charge in [0.25, 0.3) is 0 Å². The molecule has 4 heteroatoms. The Balaban J connectivity index is 1.84. The summed E-state index contributed by atoms with van der Waals surface area (Å²) in [5.41, 5.74) is 0. The summed E-state index contributed by atoms with van der Waals surface area (Å²) in [4.78, 5) is 8.33. The van der Waals surface area contributed by atoms with Crippen molar-refractivity contribution in [1.29, 1.82) is 0 Å². The number of nitrogens with one attached hydrogen (secondary N) is 1. The van der Waals surface area contributed by atoms with Crippen LogP contribution in [-0.2, 0) is 6.54 Å². The number of hydrogen-bond donors (Lipinski definition) is 1. The van der Waals surface area contributed by atoms with E-state index in [1.807, 2.05) is 6.20 Å². The molecule has 1 saturated heterocycles. The monoisotopic (exact) mass is 253 g/mol. The molecule has 1 aromatic heterocycles. The van der Waals surface area contributed by atoms with E-state index in [9.17, 15) is 0 Å². The lowest BCUT2D eigenvalue weighted by Crippen LogP contribution is -2.20. The van der Waals surface area contributed by atoms with Gasteiger partial charge in [0, 0.05) is 30.7 Å². The Kier molecular flexibility index (Phi) is 4.40. The number of anilines is 1. The van der Waals surface area contributed by atoms with Gasteiger partial charge < -0.3 is 5.32 Å². The summed E-state index contributed by atoms with van der Waals surface area (Å²) in [6.45, 7) is 11.3. The van der Waals surface area contributed by atoms with Crippen molar-refractivity contribution >= 4 is 16.5 Å². The zero-order valence-electron chi connectivity index (χ0n) is 11.1. The van der Waals surface area contributed by atoms with E-state index >= 15 is 0 Å². The first kappa shape index (κ1) is 12.8. The predicted octanol–water partition coefficient (Wildman–Crippen LogP) is 3.05. The third-order valence-electron chi connectivity index (χ3n) is 3.51. The summed E-state index contributed by atoms with van der Waals surface area (Å²) in [5, 5.41) is 4.33. The standard InChI is InChI=1S/C13H23N3S/c1-4-14-13-15-7-12(17-13)9-16-6-5-11(8-16)10(2)3/h7,10-11H,4-6,8-9H2,1-3H3,(H,14,15). The van der Waals surface area contributed by atoms with E-state index in [0.29, 0.717) is 0 Å². The number of nitrogens with zero attached hydrogens (tertiary/aromatic N) is 2. The Hall–Kier alpha value is -0.610. The van der Waals surface area contributed by atoms with Gasteiger partial charge in [0.2, 0.25) is 0 Å². The third kappa shape index (κ3) is 3.42. The lowest BCUT2D eigenvalue weighted by Gasteiger charge is -2.16. The first-order valence-electron chi connectivity index (χ1n) is 6.60. The fourth-order valence-electron chi connectivity index (χ4n) is 2.38. The number of hydrogen-bond acceptors (Lipinski definition) is 4. The van der Waals surface area contributed by atoms with E-state index in [-0.39, 0.29) is 0 Å². The lowest BCUT2D eigenvalue weighted by atomic mass is 9.95. The Morgan fingerprint density at radius 3 is 3.06 bits per heavy atom. The summed E-state index contributed by atoms with van der Waals surface area (Å²) in [6, 6.07) is 0. The molecule has 0 saturated carbocycles. The summed E-state index contributed by atoms with van der Waals surface area (Å²) >= 11 is 1.79. The van der Waals surface area contributed by atoms with Gasteiger partial charge in [-0.2, -0.15) is 0 Å². The second kappa shape index (κ2) is 5.83. The zero-order chi connectivity index (χ0) is 12.3. The maximum absolute atomic E-state index is 4.38. The van der Waals surface area contributed by atoms with Gasteiger partial charge in [0.1, 0.15) is 0 Å². The van der Waals surface area contributed by atoms with E-state index in [0.717, 1.165) is 30.1 Å². The predicted molar refractivity (Wildman–Crippen MR) is 74.5 cm³/mol. The van der Waals surface area contributed by atoms with Gasteiger partial charge in [-0.3, -0.25) is 4.90 Å². The van der Waals surface area contributed by atoms with Crippen molar-refractivity contribution in [3.8, 4) is 0 Å². The molecular formula is C13H23N3S. The highest BCUT2D eigenvalue weighted by atomic mass is 32.1. The second-order valence-corrected chi connectivity index (χ2v) is 6.31. The average molecular weight is 253 g/mol. The molecule has 1 aliphatic heterocycles. The summed E-state index contributed by atoms with van der Waals surface area (Å²) < 4.78 is 0. The smallest absolute Gasteiger partial charge is 0.182 e. The van der Waals surface area contributed by atoms with Crippen LogP contribution in [0.5, 0.6) is 0 Å². The normalized spacial score (nSPS) is 21.3. The highest BCUT2D eigenvalue weighted by molar-refractivity contribution is 7.15. The molecule has 2 rings (SSSR count). The molecule has 0 aliphatic carbocycles. The molecule has 0 radical (unpaired) electrons. The van der Waals surface area contributed by atoms with Crippen LogP contribution in [0.2, 0.25) is 0 Å². The molecule has 0 aromatic carbocycles. The molecule has 1 unspecified atom stereocenters. The van der Waals surface area contributed by atoms with E-state index in [4.69, 9.17) is 0 Å². The van der Waals surface area contributed by atoms with Crippen LogP contribution in [0.1, 0.15) is 32.1 Å². The first-order chi connectivity index (χ1) is 8.19. The molecule has 0 bridgehead atoms. The van der Waals surface area contributed by atoms with Crippen LogP contribution in [0.4, 0.5) is 5.13 Å². The highest BCUT2D eigenvalue weighted by Gasteiger charge is 2.24. The SMILES string of the molecule is CCNc1ncc(CN2CCC(C(C)C)C2)s1. The molecule has 1 N–H and O–H groups in total. The minimum absolute atomic E-state index is 0.818. The number of rotatable bonds is 5. The van der Waals surface area contributed by atoms with Crippen molar-refractivity contribution in [2.45, 2.75) is 33.7 Å². The molecule has 1 atom stereocenters. The van der Waals surface area contributed by atoms with Gasteiger partial charge in [0.15, 0.2) is 5.13 Å². The van der Waals surface area contributed by atoms with Crippen LogP contribution in [-0.4, -0.2) is 29.5 Å². The maximum Gasteiger partial charge on any atom is 0.182 e. The number of thiazole rings is 1. The van der Waals surface area contributed by atoms with E-state index < -0.39 is 0 Å². The van der Waals surface area contributed by atoms with Crippen molar-refractivity contribution in [2.24, 2.45) is 11.8 Å². The van der Waals surface area contributed by atoms with Crippen molar-refractivity contribution in [1.82, 2.24) is 9.88 Å². The van der Waals surface area contributed by atoms with E-state index in [1.165, 1.54) is 24.4 Å². The maximum atomic E-state index is 4.38. The molecule has 1 fully saturated rings. The molecule has 0 spiro atoms. The van der Waals surface area contributed by atoms with Crippen LogP contribution >= 0.6 is 11.3 Å². The molecule has 96 valence electrons. The molecule has 1 aromatic rings. The highest BCUT2D eigenvalue weighted by Crippen LogP contribution is 2.26. The van der Waals surface area contributed by atoms with Gasteiger partial charge in [-0.1, -0.05) is 13.8 Å². The van der Waals surface area contributed by atoms with Crippen molar-refractivity contribution < 1.29 is 0 Å². The van der Waals surface area contributed by atoms with Gasteiger partial charge in [0.05, 0.1) is 0 Å². The van der Waals surface area contributed by atoms with Crippen LogP contribution < -0.4 is 5.32 Å². The molecule has 0 amide bonds. The summed E-state index contributed by atoms with van der Waals surface area (Å²) in [6.07, 6.45) is 3.38. The molecule has 2 heterocycles. The van der Waals surface area contributed by atoms with Crippen molar-refractivity contribution in [2.75, 3.05) is 25.0 Å². The summed E-state index contributed by atoms with van der Waals surface area (Å²) in [5.74, 6) is 1.70. The topological polar surface area (TPSA) is 28.2 Å². The fraction of sp³-hybridized carbons (Fsp3) is 0.769. The number of likely N-dealkylation sites (tertiary alicyclic amines) is 1. The van der Waals surface area contributed by atoms with E-state index in [1.54, 1.807) is 11.3 Å². The average Bonchev–Trinajstić information content (AvgIpc) is 2.89. The van der Waals surface area contributed by atoms with Gasteiger partial charge in [-0.25, -0.2) is 4.98 Å². The Morgan fingerprint density at radius 1 is 1.59 bits per heavy atom. The minimum Gasteiger partial charge on any atom is -0.362 e. The first-order valence-corrected chi connectivity index (χ1v) is 7.41. The van der Waals surface area contributed by atoms with Crippen molar-refractivity contribution in [3.05, 3.63) is 11.1 Å². The molecule has 3 nitrogen and oxygen atoms in total.